The van der Waals surface area contributed by atoms with Crippen LogP contribution in [0.3, 0.4) is 0 Å². The lowest BCUT2D eigenvalue weighted by atomic mass is 10.3. The maximum absolute atomic E-state index is 12.7. The number of ether oxygens (including phenoxy) is 1. The van der Waals surface area contributed by atoms with Crippen LogP contribution in [0, 0.1) is 0 Å². The molecule has 1 aliphatic heterocycles. The van der Waals surface area contributed by atoms with Crippen molar-refractivity contribution >= 4 is 5.97 Å². The molecule has 1 saturated heterocycles. The number of hydrogen-bond donors (Lipinski definition) is 0. The number of carbonyl (C=O) groups excluding carboxylic acids is 1. The van der Waals surface area contributed by atoms with Crippen LogP contribution >= 0.6 is 0 Å². The van der Waals surface area contributed by atoms with E-state index in [0.29, 0.717) is 25.3 Å². The van der Waals surface area contributed by atoms with Crippen LogP contribution < -0.4 is 0 Å². The summed E-state index contributed by atoms with van der Waals surface area (Å²) < 4.78 is 31.0. The molecule has 0 atom stereocenters. The van der Waals surface area contributed by atoms with E-state index in [-0.39, 0.29) is 5.97 Å². The Labute approximate surface area is 122 Å². The van der Waals surface area contributed by atoms with Gasteiger partial charge in [0.15, 0.2) is 0 Å². The SMILES string of the molecule is COC(=O)CCN1CCN(Cc2nccn2C(F)F)CC1. The van der Waals surface area contributed by atoms with Gasteiger partial charge in [-0.05, 0) is 0 Å². The Bertz CT molecular complexity index is 459. The van der Waals surface area contributed by atoms with E-state index in [4.69, 9.17) is 0 Å². The highest BCUT2D eigenvalue weighted by molar-refractivity contribution is 5.69. The zero-order valence-electron chi connectivity index (χ0n) is 12.0. The van der Waals surface area contributed by atoms with Crippen molar-refractivity contribution in [2.75, 3.05) is 39.8 Å². The molecule has 0 amide bonds. The van der Waals surface area contributed by atoms with Crippen LogP contribution in [-0.4, -0.2) is 65.2 Å². The Kier molecular flexibility index (Phi) is 5.63. The van der Waals surface area contributed by atoms with E-state index in [2.05, 4.69) is 19.5 Å². The molecule has 1 aromatic heterocycles. The average molecular weight is 302 g/mol. The summed E-state index contributed by atoms with van der Waals surface area (Å²) in [6.07, 6.45) is 3.08. The van der Waals surface area contributed by atoms with Crippen molar-refractivity contribution in [1.29, 1.82) is 0 Å². The first-order chi connectivity index (χ1) is 10.1. The lowest BCUT2D eigenvalue weighted by Crippen LogP contribution is -2.46. The fraction of sp³-hybridized carbons (Fsp3) is 0.692. The van der Waals surface area contributed by atoms with Crippen LogP contribution in [-0.2, 0) is 16.1 Å². The van der Waals surface area contributed by atoms with Gasteiger partial charge in [0.2, 0.25) is 0 Å². The summed E-state index contributed by atoms with van der Waals surface area (Å²) in [6, 6.07) is 0. The predicted octanol–water partition coefficient (Wildman–Crippen LogP) is 0.959. The van der Waals surface area contributed by atoms with Crippen LogP contribution in [0.4, 0.5) is 8.78 Å². The van der Waals surface area contributed by atoms with Gasteiger partial charge >= 0.3 is 12.5 Å². The third-order valence-corrected chi connectivity index (χ3v) is 3.65. The highest BCUT2D eigenvalue weighted by atomic mass is 19.3. The van der Waals surface area contributed by atoms with Crippen molar-refractivity contribution in [2.24, 2.45) is 0 Å². The first-order valence-corrected chi connectivity index (χ1v) is 6.91. The maximum Gasteiger partial charge on any atom is 0.319 e. The Morgan fingerprint density at radius 3 is 2.62 bits per heavy atom. The van der Waals surface area contributed by atoms with Gasteiger partial charge in [-0.15, -0.1) is 0 Å². The molecule has 0 saturated carbocycles. The summed E-state index contributed by atoms with van der Waals surface area (Å²) in [5, 5.41) is 0. The van der Waals surface area contributed by atoms with Crippen LogP contribution in [0.5, 0.6) is 0 Å². The third kappa shape index (κ3) is 4.47. The van der Waals surface area contributed by atoms with Crippen molar-refractivity contribution in [3.8, 4) is 0 Å². The van der Waals surface area contributed by atoms with Crippen LogP contribution in [0.15, 0.2) is 12.4 Å². The number of carbonyl (C=O) groups is 1. The number of halogens is 2. The lowest BCUT2D eigenvalue weighted by Gasteiger charge is -2.34. The Morgan fingerprint density at radius 1 is 1.33 bits per heavy atom. The van der Waals surface area contributed by atoms with Crippen LogP contribution in [0.1, 0.15) is 18.8 Å². The van der Waals surface area contributed by atoms with Gasteiger partial charge in [0.1, 0.15) is 5.82 Å². The van der Waals surface area contributed by atoms with Crippen molar-refractivity contribution in [3.05, 3.63) is 18.2 Å². The zero-order chi connectivity index (χ0) is 15.2. The van der Waals surface area contributed by atoms with Crippen LogP contribution in [0.2, 0.25) is 0 Å². The van der Waals surface area contributed by atoms with Gasteiger partial charge in [0.05, 0.1) is 20.1 Å². The molecule has 0 spiro atoms. The highest BCUT2D eigenvalue weighted by Crippen LogP contribution is 2.15. The summed E-state index contributed by atoms with van der Waals surface area (Å²) >= 11 is 0. The number of rotatable bonds is 6. The van der Waals surface area contributed by atoms with E-state index in [1.165, 1.54) is 19.5 Å². The number of alkyl halides is 2. The molecule has 118 valence electrons. The first kappa shape index (κ1) is 15.8. The van der Waals surface area contributed by atoms with Gasteiger partial charge < -0.3 is 9.64 Å². The molecule has 2 heterocycles. The molecule has 8 heteroatoms. The quantitative estimate of drug-likeness (QED) is 0.733. The second-order valence-corrected chi connectivity index (χ2v) is 4.97. The number of aromatic nitrogens is 2. The minimum atomic E-state index is -2.55. The van der Waals surface area contributed by atoms with E-state index >= 15 is 0 Å². The molecule has 1 fully saturated rings. The maximum atomic E-state index is 12.7. The number of methoxy groups -OCH3 is 1. The Morgan fingerprint density at radius 2 is 2.00 bits per heavy atom. The number of hydrogen-bond acceptors (Lipinski definition) is 5. The summed E-state index contributed by atoms with van der Waals surface area (Å²) in [6.45, 7) is 1.71. The molecule has 1 aliphatic rings. The molecule has 6 nitrogen and oxygen atoms in total. The van der Waals surface area contributed by atoms with Gasteiger partial charge in [-0.2, -0.15) is 8.78 Å². The molecule has 0 unspecified atom stereocenters. The molecular weight excluding hydrogens is 282 g/mol. The number of esters is 1. The Balaban J connectivity index is 1.76. The number of imidazole rings is 1. The molecule has 0 bridgehead atoms. The largest absolute Gasteiger partial charge is 0.469 e. The molecule has 21 heavy (non-hydrogen) atoms. The molecule has 0 aromatic carbocycles. The molecule has 0 N–H and O–H groups in total. The first-order valence-electron chi connectivity index (χ1n) is 6.91. The van der Waals surface area contributed by atoms with E-state index in [9.17, 15) is 13.6 Å². The molecule has 1 aromatic rings. The van der Waals surface area contributed by atoms with Crippen molar-refractivity contribution < 1.29 is 18.3 Å². The minimum absolute atomic E-state index is 0.212. The van der Waals surface area contributed by atoms with Gasteiger partial charge in [-0.1, -0.05) is 0 Å². The van der Waals surface area contributed by atoms with Gasteiger partial charge in [-0.3, -0.25) is 14.3 Å². The summed E-state index contributed by atoms with van der Waals surface area (Å²) in [5.74, 6) is 0.171. The normalized spacial score (nSPS) is 17.3. The number of piperazine rings is 1. The average Bonchev–Trinajstić information content (AvgIpc) is 2.94. The summed E-state index contributed by atoms with van der Waals surface area (Å²) in [7, 11) is 1.38. The molecule has 2 rings (SSSR count). The fourth-order valence-corrected chi connectivity index (χ4v) is 2.37. The molecular formula is C13H20F2N4O2. The number of nitrogens with zero attached hydrogens (tertiary/aromatic N) is 4. The van der Waals surface area contributed by atoms with Crippen molar-refractivity contribution in [1.82, 2.24) is 19.4 Å². The van der Waals surface area contributed by atoms with Gasteiger partial charge in [0, 0.05) is 45.1 Å². The van der Waals surface area contributed by atoms with E-state index in [0.717, 1.165) is 30.7 Å². The third-order valence-electron chi connectivity index (χ3n) is 3.65. The topological polar surface area (TPSA) is 50.6 Å². The van der Waals surface area contributed by atoms with Gasteiger partial charge in [-0.25, -0.2) is 4.98 Å². The van der Waals surface area contributed by atoms with E-state index < -0.39 is 6.55 Å². The molecule has 0 aliphatic carbocycles. The van der Waals surface area contributed by atoms with E-state index in [1.54, 1.807) is 0 Å². The second-order valence-electron chi connectivity index (χ2n) is 4.97. The predicted molar refractivity (Wildman–Crippen MR) is 71.8 cm³/mol. The van der Waals surface area contributed by atoms with Gasteiger partial charge in [0.25, 0.3) is 0 Å². The summed E-state index contributed by atoms with van der Waals surface area (Å²) in [4.78, 5) is 19.3. The fourth-order valence-electron chi connectivity index (χ4n) is 2.37. The monoisotopic (exact) mass is 302 g/mol. The molecule has 0 radical (unpaired) electrons. The van der Waals surface area contributed by atoms with Crippen molar-refractivity contribution in [3.63, 3.8) is 0 Å². The standard InChI is InChI=1S/C13H20F2N4O2/c1-21-12(20)2-4-17-6-8-18(9-7-17)10-11-16-3-5-19(11)13(14)15/h3,5,13H,2,4,6-10H2,1H3. The zero-order valence-corrected chi connectivity index (χ0v) is 12.0. The summed E-state index contributed by atoms with van der Waals surface area (Å²) in [5.41, 5.74) is 0. The minimum Gasteiger partial charge on any atom is -0.469 e. The highest BCUT2D eigenvalue weighted by Gasteiger charge is 2.20. The second kappa shape index (κ2) is 7.46. The van der Waals surface area contributed by atoms with Crippen molar-refractivity contribution in [2.45, 2.75) is 19.5 Å². The Hall–Kier alpha value is -1.54. The van der Waals surface area contributed by atoms with E-state index in [1.807, 2.05) is 0 Å². The smallest absolute Gasteiger partial charge is 0.319 e. The lowest BCUT2D eigenvalue weighted by molar-refractivity contribution is -0.141. The van der Waals surface area contributed by atoms with Crippen LogP contribution in [0.25, 0.3) is 0 Å².